The highest BCUT2D eigenvalue weighted by molar-refractivity contribution is 5.82. The van der Waals surface area contributed by atoms with Crippen molar-refractivity contribution in [1.82, 2.24) is 30.0 Å². The second kappa shape index (κ2) is 12.2. The molecule has 5 rings (SSSR count). The van der Waals surface area contributed by atoms with E-state index in [-0.39, 0.29) is 24.3 Å². The van der Waals surface area contributed by atoms with E-state index in [9.17, 15) is 9.59 Å². The second-order valence-electron chi connectivity index (χ2n) is 9.58. The van der Waals surface area contributed by atoms with Crippen LogP contribution in [0.4, 0.5) is 0 Å². The van der Waals surface area contributed by atoms with E-state index in [0.717, 1.165) is 52.7 Å². The maximum Gasteiger partial charge on any atom is 0.225 e. The Labute approximate surface area is 226 Å². The van der Waals surface area contributed by atoms with Crippen LogP contribution in [0.15, 0.2) is 85.5 Å². The molecule has 0 fully saturated rings. The van der Waals surface area contributed by atoms with Gasteiger partial charge in [0.1, 0.15) is 5.82 Å². The SMILES string of the molecule is NC(=O)CCCCC[C@H](NC(=O)Cc1cnc2ccccc2c1)c1ncc(-c2ccc(-n3cccn3)cc2)[nH]1. The second-order valence-corrected chi connectivity index (χ2v) is 9.58. The van der Waals surface area contributed by atoms with Crippen molar-refractivity contribution in [2.75, 3.05) is 0 Å². The van der Waals surface area contributed by atoms with Crippen LogP contribution in [0.2, 0.25) is 0 Å². The first-order chi connectivity index (χ1) is 19.0. The zero-order valence-corrected chi connectivity index (χ0v) is 21.6. The Morgan fingerprint density at radius 1 is 0.974 bits per heavy atom. The number of fused-ring (bicyclic) bond motifs is 1. The van der Waals surface area contributed by atoms with Crippen LogP contribution in [-0.2, 0) is 16.0 Å². The molecule has 0 saturated carbocycles. The molecule has 9 nitrogen and oxygen atoms in total. The number of amides is 2. The van der Waals surface area contributed by atoms with Crippen molar-refractivity contribution in [3.05, 3.63) is 96.8 Å². The Morgan fingerprint density at radius 3 is 2.62 bits per heavy atom. The van der Waals surface area contributed by atoms with Gasteiger partial charge in [-0.15, -0.1) is 0 Å². The predicted molar refractivity (Wildman–Crippen MR) is 150 cm³/mol. The number of primary amides is 1. The molecule has 0 bridgehead atoms. The summed E-state index contributed by atoms with van der Waals surface area (Å²) >= 11 is 0. The number of benzene rings is 2. The summed E-state index contributed by atoms with van der Waals surface area (Å²) in [6, 6.07) is 19.5. The summed E-state index contributed by atoms with van der Waals surface area (Å²) in [5.41, 5.74) is 9.84. The molecule has 0 unspecified atom stereocenters. The van der Waals surface area contributed by atoms with Crippen molar-refractivity contribution in [2.45, 2.75) is 44.6 Å². The fourth-order valence-electron chi connectivity index (χ4n) is 4.62. The maximum absolute atomic E-state index is 13.1. The van der Waals surface area contributed by atoms with Gasteiger partial charge in [-0.25, -0.2) is 9.67 Å². The minimum absolute atomic E-state index is 0.101. The van der Waals surface area contributed by atoms with E-state index in [0.29, 0.717) is 18.7 Å². The summed E-state index contributed by atoms with van der Waals surface area (Å²) in [5, 5.41) is 8.43. The van der Waals surface area contributed by atoms with Crippen LogP contribution >= 0.6 is 0 Å². The normalized spacial score (nSPS) is 11.9. The Balaban J connectivity index is 1.28. The predicted octanol–water partition coefficient (Wildman–Crippen LogP) is 4.65. The number of para-hydroxylation sites is 1. The van der Waals surface area contributed by atoms with Crippen molar-refractivity contribution in [3.8, 4) is 16.9 Å². The van der Waals surface area contributed by atoms with Gasteiger partial charge in [0.15, 0.2) is 0 Å². The Hall–Kier alpha value is -4.79. The number of nitrogens with two attached hydrogens (primary N) is 1. The number of unbranched alkanes of at least 4 members (excludes halogenated alkanes) is 2. The summed E-state index contributed by atoms with van der Waals surface area (Å²) in [6.07, 6.45) is 10.8. The van der Waals surface area contributed by atoms with Gasteiger partial charge in [-0.2, -0.15) is 5.10 Å². The third-order valence-corrected chi connectivity index (χ3v) is 6.64. The maximum atomic E-state index is 13.1. The van der Waals surface area contributed by atoms with Gasteiger partial charge in [-0.1, -0.05) is 43.2 Å². The van der Waals surface area contributed by atoms with E-state index in [2.05, 4.69) is 25.4 Å². The van der Waals surface area contributed by atoms with Gasteiger partial charge in [-0.05, 0) is 54.3 Å². The van der Waals surface area contributed by atoms with Crippen molar-refractivity contribution in [2.24, 2.45) is 5.73 Å². The molecule has 0 saturated heterocycles. The topological polar surface area (TPSA) is 132 Å². The summed E-state index contributed by atoms with van der Waals surface area (Å²) in [6.45, 7) is 0. The van der Waals surface area contributed by atoms with E-state index in [4.69, 9.17) is 5.73 Å². The quantitative estimate of drug-likeness (QED) is 0.206. The Kier molecular flexibility index (Phi) is 8.06. The fraction of sp³-hybridized carbons (Fsp3) is 0.233. The molecule has 0 aliphatic rings. The number of hydrogen-bond donors (Lipinski definition) is 3. The third kappa shape index (κ3) is 6.75. The smallest absolute Gasteiger partial charge is 0.225 e. The zero-order valence-electron chi connectivity index (χ0n) is 21.6. The molecule has 0 radical (unpaired) electrons. The lowest BCUT2D eigenvalue weighted by atomic mass is 10.1. The first-order valence-corrected chi connectivity index (χ1v) is 13.1. The molecule has 198 valence electrons. The lowest BCUT2D eigenvalue weighted by Crippen LogP contribution is -2.30. The van der Waals surface area contributed by atoms with E-state index in [1.54, 1.807) is 23.3 Å². The summed E-state index contributed by atoms with van der Waals surface area (Å²) < 4.78 is 1.80. The highest BCUT2D eigenvalue weighted by Gasteiger charge is 2.19. The van der Waals surface area contributed by atoms with E-state index in [1.807, 2.05) is 66.9 Å². The number of hydrogen-bond acceptors (Lipinski definition) is 5. The lowest BCUT2D eigenvalue weighted by Gasteiger charge is -2.17. The number of imidazole rings is 1. The number of rotatable bonds is 12. The van der Waals surface area contributed by atoms with Crippen molar-refractivity contribution in [1.29, 1.82) is 0 Å². The molecule has 9 heteroatoms. The molecule has 0 aliphatic heterocycles. The van der Waals surface area contributed by atoms with Gasteiger partial charge in [0.25, 0.3) is 0 Å². The van der Waals surface area contributed by atoms with Crippen LogP contribution in [0.3, 0.4) is 0 Å². The van der Waals surface area contributed by atoms with Gasteiger partial charge < -0.3 is 16.0 Å². The van der Waals surface area contributed by atoms with Gasteiger partial charge in [-0.3, -0.25) is 14.6 Å². The van der Waals surface area contributed by atoms with Crippen LogP contribution in [0, 0.1) is 0 Å². The van der Waals surface area contributed by atoms with Crippen molar-refractivity contribution >= 4 is 22.7 Å². The van der Waals surface area contributed by atoms with Gasteiger partial charge >= 0.3 is 0 Å². The third-order valence-electron chi connectivity index (χ3n) is 6.64. The number of carbonyl (C=O) groups is 2. The van der Waals surface area contributed by atoms with Crippen molar-refractivity contribution in [3.63, 3.8) is 0 Å². The van der Waals surface area contributed by atoms with E-state index >= 15 is 0 Å². The summed E-state index contributed by atoms with van der Waals surface area (Å²) in [4.78, 5) is 36.7. The standard InChI is InChI=1S/C30H31N7O2/c31-28(38)10-3-1-2-9-26(35-29(39)18-21-17-23-7-4-5-8-25(23)32-19-21)30-33-20-27(36-30)22-11-13-24(14-12-22)37-16-6-15-34-37/h4-8,11-17,19-20,26H,1-3,9-10,18H2,(H2,31,38)(H,33,36)(H,35,39)/t26-/m0/s1. The first-order valence-electron chi connectivity index (χ1n) is 13.1. The summed E-state index contributed by atoms with van der Waals surface area (Å²) in [7, 11) is 0. The minimum Gasteiger partial charge on any atom is -0.370 e. The molecule has 2 amide bonds. The lowest BCUT2D eigenvalue weighted by molar-refractivity contribution is -0.121. The first kappa shape index (κ1) is 25.8. The highest BCUT2D eigenvalue weighted by atomic mass is 16.2. The molecule has 3 heterocycles. The Bertz CT molecular complexity index is 1540. The number of nitrogens with one attached hydrogen (secondary N) is 2. The average molecular weight is 522 g/mol. The molecule has 0 aliphatic carbocycles. The van der Waals surface area contributed by atoms with Gasteiger partial charge in [0.2, 0.25) is 11.8 Å². The number of H-pyrrole nitrogens is 1. The number of aromatic nitrogens is 5. The van der Waals surface area contributed by atoms with Gasteiger partial charge in [0.05, 0.1) is 35.6 Å². The molecular formula is C30H31N7O2. The van der Waals surface area contributed by atoms with Crippen LogP contribution in [-0.4, -0.2) is 36.5 Å². The van der Waals surface area contributed by atoms with Crippen molar-refractivity contribution < 1.29 is 9.59 Å². The van der Waals surface area contributed by atoms with Crippen LogP contribution in [0.25, 0.3) is 27.8 Å². The monoisotopic (exact) mass is 521 g/mol. The fourth-order valence-corrected chi connectivity index (χ4v) is 4.62. The number of nitrogens with zero attached hydrogens (tertiary/aromatic N) is 4. The number of carbonyl (C=O) groups excluding carboxylic acids is 2. The van der Waals surface area contributed by atoms with Crippen LogP contribution < -0.4 is 11.1 Å². The van der Waals surface area contributed by atoms with E-state index < -0.39 is 0 Å². The molecule has 39 heavy (non-hydrogen) atoms. The van der Waals surface area contributed by atoms with Crippen LogP contribution in [0.5, 0.6) is 0 Å². The summed E-state index contributed by atoms with van der Waals surface area (Å²) in [5.74, 6) is 0.301. The minimum atomic E-state index is -0.295. The number of pyridine rings is 1. The molecular weight excluding hydrogens is 490 g/mol. The van der Waals surface area contributed by atoms with E-state index in [1.165, 1.54) is 0 Å². The number of aromatic amines is 1. The largest absolute Gasteiger partial charge is 0.370 e. The molecule has 4 N–H and O–H groups in total. The Morgan fingerprint density at radius 2 is 1.82 bits per heavy atom. The molecule has 5 aromatic rings. The molecule has 0 spiro atoms. The highest BCUT2D eigenvalue weighted by Crippen LogP contribution is 2.24. The zero-order chi connectivity index (χ0) is 27.0. The van der Waals surface area contributed by atoms with Crippen LogP contribution in [0.1, 0.15) is 49.5 Å². The average Bonchev–Trinajstić information content (AvgIpc) is 3.65. The molecule has 1 atom stereocenters. The molecule has 3 aromatic heterocycles. The van der Waals surface area contributed by atoms with Gasteiger partial charge in [0, 0.05) is 30.4 Å². The molecule has 2 aromatic carbocycles.